The van der Waals surface area contributed by atoms with Gasteiger partial charge in [0.15, 0.2) is 0 Å². The van der Waals surface area contributed by atoms with Gasteiger partial charge in [0.1, 0.15) is 0 Å². The molecule has 0 bridgehead atoms. The van der Waals surface area contributed by atoms with E-state index >= 15 is 0 Å². The summed E-state index contributed by atoms with van der Waals surface area (Å²) in [5.74, 6) is 0. The van der Waals surface area contributed by atoms with Crippen molar-refractivity contribution in [1.29, 1.82) is 0 Å². The minimum absolute atomic E-state index is 1.08. The van der Waals surface area contributed by atoms with Gasteiger partial charge in [-0.1, -0.05) is 57.2 Å². The van der Waals surface area contributed by atoms with E-state index in [0.717, 1.165) is 19.3 Å². The summed E-state index contributed by atoms with van der Waals surface area (Å²) in [5, 5.41) is 0. The summed E-state index contributed by atoms with van der Waals surface area (Å²) in [4.78, 5) is 0. The molecule has 0 heteroatoms. The van der Waals surface area contributed by atoms with Crippen LogP contribution >= 0.6 is 0 Å². The molecule has 18 heavy (non-hydrogen) atoms. The zero-order valence-corrected chi connectivity index (χ0v) is 11.6. The molecular formula is C18H21. The molecule has 0 nitrogen and oxygen atoms in total. The Morgan fingerprint density at radius 1 is 0.889 bits per heavy atom. The second kappa shape index (κ2) is 5.86. The maximum atomic E-state index is 3.37. The summed E-state index contributed by atoms with van der Waals surface area (Å²) in [6, 6.07) is 16.4. The molecule has 2 aromatic rings. The Hall–Kier alpha value is -1.56. The Morgan fingerprint density at radius 3 is 2.00 bits per heavy atom. The number of aryl methyl sites for hydroxylation is 3. The number of rotatable bonds is 4. The molecule has 0 aliphatic carbocycles. The maximum absolute atomic E-state index is 3.37. The highest BCUT2D eigenvalue weighted by Gasteiger charge is 2.10. The predicted molar refractivity (Wildman–Crippen MR) is 78.8 cm³/mol. The first-order chi connectivity index (χ1) is 8.80. The zero-order chi connectivity index (χ0) is 13.0. The molecule has 0 saturated heterocycles. The maximum Gasteiger partial charge on any atom is -0.00990 e. The van der Waals surface area contributed by atoms with E-state index in [1.807, 2.05) is 12.1 Å². The van der Waals surface area contributed by atoms with Gasteiger partial charge in [-0.2, -0.15) is 0 Å². The minimum Gasteiger partial charge on any atom is -0.0616 e. The van der Waals surface area contributed by atoms with Gasteiger partial charge in [0.05, 0.1) is 0 Å². The van der Waals surface area contributed by atoms with Gasteiger partial charge in [-0.3, -0.25) is 0 Å². The van der Waals surface area contributed by atoms with Crippen LogP contribution in [0.5, 0.6) is 0 Å². The highest BCUT2D eigenvalue weighted by Crippen LogP contribution is 2.30. The molecule has 0 heterocycles. The fraction of sp³-hybridized carbons (Fsp3) is 0.333. The van der Waals surface area contributed by atoms with Crippen LogP contribution in [0.4, 0.5) is 0 Å². The molecule has 0 unspecified atom stereocenters. The molecule has 0 aliphatic rings. The highest BCUT2D eigenvalue weighted by atomic mass is 14.1. The first-order valence-corrected chi connectivity index (χ1v) is 6.91. The summed E-state index contributed by atoms with van der Waals surface area (Å²) < 4.78 is 0. The van der Waals surface area contributed by atoms with Crippen LogP contribution in [0, 0.1) is 6.07 Å². The van der Waals surface area contributed by atoms with Crippen LogP contribution in [-0.2, 0) is 19.3 Å². The third-order valence-electron chi connectivity index (χ3n) is 3.51. The smallest absolute Gasteiger partial charge is 0.00990 e. The van der Waals surface area contributed by atoms with Crippen molar-refractivity contribution in [2.24, 2.45) is 0 Å². The van der Waals surface area contributed by atoms with Gasteiger partial charge in [0.25, 0.3) is 0 Å². The lowest BCUT2D eigenvalue weighted by Crippen LogP contribution is -1.97. The van der Waals surface area contributed by atoms with Gasteiger partial charge in [-0.05, 0) is 53.1 Å². The standard InChI is InChI=1S/C18H21/c1-4-14-12-15(5-2)18(16(6-3)13-14)17-10-8-7-9-11-17/h7-10,12-13H,4-6H2,1-3H3. The van der Waals surface area contributed by atoms with Crippen molar-refractivity contribution >= 4 is 0 Å². The monoisotopic (exact) mass is 237 g/mol. The molecule has 0 saturated carbocycles. The second-order valence-electron chi connectivity index (χ2n) is 4.63. The topological polar surface area (TPSA) is 0 Å². The lowest BCUT2D eigenvalue weighted by Gasteiger charge is -2.15. The minimum atomic E-state index is 1.08. The van der Waals surface area contributed by atoms with Crippen LogP contribution in [-0.4, -0.2) is 0 Å². The average Bonchev–Trinajstić information content (AvgIpc) is 2.46. The van der Waals surface area contributed by atoms with Crippen LogP contribution in [0.25, 0.3) is 11.1 Å². The van der Waals surface area contributed by atoms with Crippen molar-refractivity contribution in [3.8, 4) is 11.1 Å². The van der Waals surface area contributed by atoms with Crippen LogP contribution in [0.15, 0.2) is 36.4 Å². The summed E-state index contributed by atoms with van der Waals surface area (Å²) in [6.45, 7) is 6.70. The van der Waals surface area contributed by atoms with Gasteiger partial charge in [-0.15, -0.1) is 0 Å². The first kappa shape index (κ1) is 12.9. The van der Waals surface area contributed by atoms with Crippen molar-refractivity contribution in [2.75, 3.05) is 0 Å². The molecule has 0 aromatic heterocycles. The van der Waals surface area contributed by atoms with Gasteiger partial charge >= 0.3 is 0 Å². The van der Waals surface area contributed by atoms with Crippen LogP contribution in [0.2, 0.25) is 0 Å². The fourth-order valence-corrected chi connectivity index (χ4v) is 2.50. The Bertz CT molecular complexity index is 484. The summed E-state index contributed by atoms with van der Waals surface area (Å²) in [7, 11) is 0. The Balaban J connectivity index is 2.64. The highest BCUT2D eigenvalue weighted by molar-refractivity contribution is 5.71. The lowest BCUT2D eigenvalue weighted by atomic mass is 9.89. The molecule has 2 aromatic carbocycles. The summed E-state index contributed by atoms with van der Waals surface area (Å²) in [6.07, 6.45) is 3.27. The van der Waals surface area contributed by atoms with Crippen LogP contribution in [0.1, 0.15) is 37.5 Å². The Morgan fingerprint density at radius 2 is 1.56 bits per heavy atom. The van der Waals surface area contributed by atoms with E-state index in [-0.39, 0.29) is 0 Å². The van der Waals surface area contributed by atoms with Crippen molar-refractivity contribution in [3.05, 3.63) is 59.2 Å². The van der Waals surface area contributed by atoms with Gasteiger partial charge in [0.2, 0.25) is 0 Å². The number of benzene rings is 2. The fourth-order valence-electron chi connectivity index (χ4n) is 2.50. The van der Waals surface area contributed by atoms with Crippen molar-refractivity contribution in [1.82, 2.24) is 0 Å². The zero-order valence-electron chi connectivity index (χ0n) is 11.6. The molecular weight excluding hydrogens is 216 g/mol. The lowest BCUT2D eigenvalue weighted by molar-refractivity contribution is 1.05. The third-order valence-corrected chi connectivity index (χ3v) is 3.51. The van der Waals surface area contributed by atoms with E-state index in [1.165, 1.54) is 27.8 Å². The predicted octanol–water partition coefficient (Wildman–Crippen LogP) is 4.84. The molecule has 0 fully saturated rings. The molecule has 0 aliphatic heterocycles. The molecule has 0 atom stereocenters. The SMILES string of the molecule is CCc1cc(CC)c(-c2[c]cccc2)c(CC)c1. The van der Waals surface area contributed by atoms with Crippen molar-refractivity contribution < 1.29 is 0 Å². The molecule has 0 N–H and O–H groups in total. The van der Waals surface area contributed by atoms with E-state index in [1.54, 1.807) is 0 Å². The van der Waals surface area contributed by atoms with Crippen LogP contribution < -0.4 is 0 Å². The normalized spacial score (nSPS) is 10.6. The molecule has 93 valence electrons. The van der Waals surface area contributed by atoms with E-state index < -0.39 is 0 Å². The van der Waals surface area contributed by atoms with E-state index in [0.29, 0.717) is 0 Å². The Labute approximate surface area is 111 Å². The van der Waals surface area contributed by atoms with Crippen molar-refractivity contribution in [2.45, 2.75) is 40.0 Å². The summed E-state index contributed by atoms with van der Waals surface area (Å²) >= 11 is 0. The molecule has 2 rings (SSSR count). The average molecular weight is 237 g/mol. The molecule has 0 amide bonds. The van der Waals surface area contributed by atoms with Gasteiger partial charge in [0, 0.05) is 0 Å². The van der Waals surface area contributed by atoms with Crippen LogP contribution in [0.3, 0.4) is 0 Å². The Kier molecular flexibility index (Phi) is 4.19. The molecule has 0 spiro atoms. The van der Waals surface area contributed by atoms with E-state index in [4.69, 9.17) is 0 Å². The third kappa shape index (κ3) is 2.48. The van der Waals surface area contributed by atoms with Crippen molar-refractivity contribution in [3.63, 3.8) is 0 Å². The molecule has 1 radical (unpaired) electrons. The largest absolute Gasteiger partial charge is 0.0616 e. The summed E-state index contributed by atoms with van der Waals surface area (Å²) in [5.41, 5.74) is 6.98. The quantitative estimate of drug-likeness (QED) is 0.713. The number of hydrogen-bond acceptors (Lipinski definition) is 0. The van der Waals surface area contributed by atoms with Gasteiger partial charge < -0.3 is 0 Å². The van der Waals surface area contributed by atoms with Gasteiger partial charge in [-0.25, -0.2) is 0 Å². The van der Waals surface area contributed by atoms with E-state index in [9.17, 15) is 0 Å². The number of hydrogen-bond donors (Lipinski definition) is 0. The first-order valence-electron chi connectivity index (χ1n) is 6.91. The second-order valence-corrected chi connectivity index (χ2v) is 4.63. The van der Waals surface area contributed by atoms with E-state index in [2.05, 4.69) is 51.1 Å².